The van der Waals surface area contributed by atoms with Crippen LogP contribution in [0.15, 0.2) is 224 Å². The topological polar surface area (TPSA) is 3.24 Å². The maximum atomic E-state index is 2.51. The number of hydrogen-bond acceptors (Lipinski definition) is 1. The Morgan fingerprint density at radius 2 is 0.806 bits per heavy atom. The Labute approximate surface area is 365 Å². The Morgan fingerprint density at radius 1 is 0.339 bits per heavy atom. The molecular formula is C61H47N. The average molecular weight is 794 g/mol. The molecule has 2 fully saturated rings. The molecule has 3 atom stereocenters. The largest absolute Gasteiger partial charge is 0.310 e. The minimum absolute atomic E-state index is 0.138. The number of anilines is 3. The van der Waals surface area contributed by atoms with Crippen molar-refractivity contribution in [1.29, 1.82) is 0 Å². The van der Waals surface area contributed by atoms with E-state index in [0.29, 0.717) is 0 Å². The van der Waals surface area contributed by atoms with E-state index in [2.05, 4.69) is 229 Å². The summed E-state index contributed by atoms with van der Waals surface area (Å²) in [6.45, 7) is 0. The number of rotatable bonds is 8. The summed E-state index contributed by atoms with van der Waals surface area (Å²) in [5.41, 5.74) is 21.7. The summed E-state index contributed by atoms with van der Waals surface area (Å²) in [6, 6.07) is 83.1. The van der Waals surface area contributed by atoms with Gasteiger partial charge in [-0.1, -0.05) is 201 Å². The van der Waals surface area contributed by atoms with Crippen LogP contribution in [0.2, 0.25) is 0 Å². The lowest BCUT2D eigenvalue weighted by Crippen LogP contribution is -2.31. The van der Waals surface area contributed by atoms with Crippen LogP contribution >= 0.6 is 0 Å². The quantitative estimate of drug-likeness (QED) is 0.148. The zero-order valence-corrected chi connectivity index (χ0v) is 34.8. The van der Waals surface area contributed by atoms with Gasteiger partial charge in [-0.05, 0) is 134 Å². The molecule has 296 valence electrons. The van der Waals surface area contributed by atoms with Gasteiger partial charge in [0.15, 0.2) is 0 Å². The van der Waals surface area contributed by atoms with Gasteiger partial charge >= 0.3 is 0 Å². The molecule has 1 spiro atoms. The van der Waals surface area contributed by atoms with E-state index in [1.807, 2.05) is 0 Å². The van der Waals surface area contributed by atoms with Gasteiger partial charge in [-0.15, -0.1) is 0 Å². The predicted molar refractivity (Wildman–Crippen MR) is 260 cm³/mol. The molecule has 9 aromatic carbocycles. The molecule has 2 bridgehead atoms. The molecule has 9 aromatic rings. The second-order valence-electron chi connectivity index (χ2n) is 17.6. The van der Waals surface area contributed by atoms with Crippen molar-refractivity contribution in [2.45, 2.75) is 31.1 Å². The zero-order valence-electron chi connectivity index (χ0n) is 34.8. The summed E-state index contributed by atoms with van der Waals surface area (Å²) in [5.74, 6) is 1.56. The van der Waals surface area contributed by atoms with Gasteiger partial charge in [0, 0.05) is 22.4 Å². The van der Waals surface area contributed by atoms with Crippen LogP contribution in [-0.2, 0) is 5.41 Å². The number of hydrogen-bond donors (Lipinski definition) is 0. The lowest BCUT2D eigenvalue weighted by molar-refractivity contribution is 0.327. The lowest BCUT2D eigenvalue weighted by Gasteiger charge is -2.36. The van der Waals surface area contributed by atoms with Crippen LogP contribution in [0, 0.1) is 11.8 Å². The van der Waals surface area contributed by atoms with Crippen LogP contribution in [0.25, 0.3) is 66.8 Å². The monoisotopic (exact) mass is 793 g/mol. The van der Waals surface area contributed by atoms with Crippen molar-refractivity contribution in [3.05, 3.63) is 236 Å². The third-order valence-corrected chi connectivity index (χ3v) is 14.4. The highest BCUT2D eigenvalue weighted by Gasteiger charge is 2.56. The molecule has 1 nitrogen and oxygen atoms in total. The summed E-state index contributed by atoms with van der Waals surface area (Å²) in [7, 11) is 0. The van der Waals surface area contributed by atoms with Crippen molar-refractivity contribution in [1.82, 2.24) is 0 Å². The van der Waals surface area contributed by atoms with Crippen molar-refractivity contribution in [3.8, 4) is 66.8 Å². The minimum Gasteiger partial charge on any atom is -0.310 e. The van der Waals surface area contributed by atoms with Crippen molar-refractivity contribution in [2.24, 2.45) is 11.8 Å². The Hall–Kier alpha value is -7.22. The SMILES string of the molecule is c1ccc(-c2ccc(-c3ccc(N(c4ccc5c(c4)-c4ccccc4C54CC5CCC4C5)c4ccccc4-c4ccccc4-c4ccccc4-c4ccccc4)cc3)cc2)cc1. The molecule has 0 aliphatic heterocycles. The minimum atomic E-state index is 0.138. The third kappa shape index (κ3) is 5.98. The van der Waals surface area contributed by atoms with E-state index in [-0.39, 0.29) is 5.41 Å². The van der Waals surface area contributed by atoms with Gasteiger partial charge in [0.05, 0.1) is 5.69 Å². The van der Waals surface area contributed by atoms with Crippen molar-refractivity contribution in [2.75, 3.05) is 4.90 Å². The molecule has 12 rings (SSSR count). The van der Waals surface area contributed by atoms with Crippen LogP contribution in [0.5, 0.6) is 0 Å². The molecule has 0 saturated heterocycles. The Kier molecular flexibility index (Phi) is 8.89. The molecule has 0 amide bonds. The molecule has 1 heteroatoms. The van der Waals surface area contributed by atoms with Gasteiger partial charge in [-0.25, -0.2) is 0 Å². The molecule has 62 heavy (non-hydrogen) atoms. The highest BCUT2D eigenvalue weighted by molar-refractivity contribution is 5.98. The summed E-state index contributed by atoms with van der Waals surface area (Å²) in [6.07, 6.45) is 5.37. The summed E-state index contributed by atoms with van der Waals surface area (Å²) < 4.78 is 0. The van der Waals surface area contributed by atoms with E-state index in [9.17, 15) is 0 Å². The van der Waals surface area contributed by atoms with Crippen LogP contribution < -0.4 is 4.90 Å². The van der Waals surface area contributed by atoms with Crippen molar-refractivity contribution >= 4 is 17.1 Å². The number of fused-ring (bicyclic) bond motifs is 8. The van der Waals surface area contributed by atoms with Gasteiger partial charge in [-0.2, -0.15) is 0 Å². The first kappa shape index (κ1) is 36.6. The van der Waals surface area contributed by atoms with E-state index in [0.717, 1.165) is 23.2 Å². The first-order valence-corrected chi connectivity index (χ1v) is 22.4. The second kappa shape index (κ2) is 15.0. The molecule has 3 aliphatic carbocycles. The first-order chi connectivity index (χ1) is 30.7. The molecule has 3 aliphatic rings. The van der Waals surface area contributed by atoms with Gasteiger partial charge in [0.1, 0.15) is 0 Å². The predicted octanol–water partition coefficient (Wildman–Crippen LogP) is 16.6. The number of para-hydroxylation sites is 1. The van der Waals surface area contributed by atoms with Crippen molar-refractivity contribution in [3.63, 3.8) is 0 Å². The maximum Gasteiger partial charge on any atom is 0.0540 e. The highest BCUT2D eigenvalue weighted by Crippen LogP contribution is 2.66. The summed E-state index contributed by atoms with van der Waals surface area (Å²) in [4.78, 5) is 2.51. The lowest BCUT2D eigenvalue weighted by atomic mass is 9.67. The molecule has 0 aromatic heterocycles. The van der Waals surface area contributed by atoms with Gasteiger partial charge in [0.2, 0.25) is 0 Å². The maximum absolute atomic E-state index is 2.51. The zero-order chi connectivity index (χ0) is 41.0. The first-order valence-electron chi connectivity index (χ1n) is 22.4. The summed E-state index contributed by atoms with van der Waals surface area (Å²) >= 11 is 0. The van der Waals surface area contributed by atoms with Gasteiger partial charge in [-0.3, -0.25) is 0 Å². The molecule has 0 radical (unpaired) electrons. The van der Waals surface area contributed by atoms with Gasteiger partial charge < -0.3 is 4.90 Å². The highest BCUT2D eigenvalue weighted by atomic mass is 15.1. The average Bonchev–Trinajstić information content (AvgIpc) is 4.05. The molecule has 3 unspecified atom stereocenters. The number of nitrogens with zero attached hydrogens (tertiary/aromatic N) is 1. The Balaban J connectivity index is 1.01. The third-order valence-electron chi connectivity index (χ3n) is 14.4. The Bertz CT molecular complexity index is 3070. The second-order valence-corrected chi connectivity index (χ2v) is 17.6. The standard InChI is InChI=1S/C61H47N/c1-3-15-43(16-4-1)44-28-30-45(31-29-44)46-32-35-49(36-33-46)62(50-37-38-59-57(40-50)55-23-11-13-25-58(55)61(59)41-42-27-34-48(61)39-42)60-26-14-12-24-56(60)54-22-10-9-21-53(54)52-20-8-7-19-51(52)47-17-5-2-6-18-47/h1-26,28-33,35-38,40,42,48H,27,34,39,41H2. The van der Waals surface area contributed by atoms with Crippen molar-refractivity contribution < 1.29 is 0 Å². The fourth-order valence-corrected chi connectivity index (χ4v) is 11.7. The molecule has 0 heterocycles. The van der Waals surface area contributed by atoms with Crippen LogP contribution in [0.4, 0.5) is 17.1 Å². The van der Waals surface area contributed by atoms with E-state index >= 15 is 0 Å². The molecule has 0 N–H and O–H groups in total. The van der Waals surface area contributed by atoms with Crippen LogP contribution in [-0.4, -0.2) is 0 Å². The van der Waals surface area contributed by atoms with E-state index < -0.39 is 0 Å². The van der Waals surface area contributed by atoms with Crippen LogP contribution in [0.1, 0.15) is 36.8 Å². The number of benzene rings is 9. The van der Waals surface area contributed by atoms with E-state index in [1.165, 1.54) is 98.1 Å². The molecular weight excluding hydrogens is 747 g/mol. The fraction of sp³-hybridized carbons (Fsp3) is 0.115. The van der Waals surface area contributed by atoms with Crippen LogP contribution in [0.3, 0.4) is 0 Å². The van der Waals surface area contributed by atoms with E-state index in [1.54, 1.807) is 11.1 Å². The van der Waals surface area contributed by atoms with E-state index in [4.69, 9.17) is 0 Å². The molecule has 2 saturated carbocycles. The normalized spacial score (nSPS) is 18.1. The summed E-state index contributed by atoms with van der Waals surface area (Å²) in [5, 5.41) is 0. The Morgan fingerprint density at radius 3 is 1.44 bits per heavy atom. The smallest absolute Gasteiger partial charge is 0.0540 e. The van der Waals surface area contributed by atoms with Gasteiger partial charge in [0.25, 0.3) is 0 Å². The fourth-order valence-electron chi connectivity index (χ4n) is 11.7.